The zero-order valence-corrected chi connectivity index (χ0v) is 13.4. The summed E-state index contributed by atoms with van der Waals surface area (Å²) in [5, 5.41) is 0. The van der Waals surface area contributed by atoms with E-state index in [4.69, 9.17) is 0 Å². The van der Waals surface area contributed by atoms with E-state index in [1.54, 1.807) is 0 Å². The van der Waals surface area contributed by atoms with Gasteiger partial charge in [-0.1, -0.05) is 18.2 Å². The Balaban J connectivity index is 2.52. The predicted molar refractivity (Wildman–Crippen MR) is 88.0 cm³/mol. The van der Waals surface area contributed by atoms with Crippen LogP contribution in [0, 0.1) is 27.7 Å². The van der Waals surface area contributed by atoms with E-state index in [1.807, 2.05) is 6.07 Å². The summed E-state index contributed by atoms with van der Waals surface area (Å²) >= 11 is 2.38. The second-order valence-corrected chi connectivity index (χ2v) is 5.67. The van der Waals surface area contributed by atoms with Crippen LogP contribution in [-0.4, -0.2) is 0 Å². The molecule has 0 saturated carbocycles. The van der Waals surface area contributed by atoms with E-state index in [1.165, 1.54) is 33.6 Å². The van der Waals surface area contributed by atoms with Crippen molar-refractivity contribution in [2.45, 2.75) is 27.7 Å². The van der Waals surface area contributed by atoms with Crippen LogP contribution in [-0.2, 0) is 0 Å². The highest BCUT2D eigenvalue weighted by atomic mass is 127. The summed E-state index contributed by atoms with van der Waals surface area (Å²) in [5.74, 6) is 0. The first kappa shape index (κ1) is 13.4. The van der Waals surface area contributed by atoms with Crippen molar-refractivity contribution in [1.29, 1.82) is 0 Å². The third kappa shape index (κ3) is 2.39. The lowest BCUT2D eigenvalue weighted by molar-refractivity contribution is 1.21. The zero-order chi connectivity index (χ0) is 13.3. The van der Waals surface area contributed by atoms with Gasteiger partial charge in [0.1, 0.15) is 0 Å². The van der Waals surface area contributed by atoms with Gasteiger partial charge in [0.05, 0.1) is 34.2 Å². The lowest BCUT2D eigenvalue weighted by atomic mass is 9.97. The summed E-state index contributed by atoms with van der Waals surface area (Å²) in [5.41, 5.74) is 7.99. The van der Waals surface area contributed by atoms with Crippen molar-refractivity contribution in [3.8, 4) is 0 Å². The number of rotatable bonds is 2. The first-order valence-corrected chi connectivity index (χ1v) is 7.07. The van der Waals surface area contributed by atoms with Crippen LogP contribution >= 0.6 is 22.9 Å². The smallest absolute Gasteiger partial charge is 0.0646 e. The van der Waals surface area contributed by atoms with E-state index in [2.05, 4.69) is 84.0 Å². The van der Waals surface area contributed by atoms with E-state index < -0.39 is 0 Å². The lowest BCUT2D eigenvalue weighted by Crippen LogP contribution is -2.05. The number of hydrogen-bond acceptors (Lipinski definition) is 1. The molecular weight excluding hydrogens is 333 g/mol. The molecule has 0 bridgehead atoms. The van der Waals surface area contributed by atoms with Crippen molar-refractivity contribution in [1.82, 2.24) is 0 Å². The predicted octanol–water partition coefficient (Wildman–Crippen LogP) is 5.41. The molecule has 2 heteroatoms. The fourth-order valence-corrected chi connectivity index (χ4v) is 2.92. The van der Waals surface area contributed by atoms with Crippen LogP contribution in [0.3, 0.4) is 0 Å². The summed E-state index contributed by atoms with van der Waals surface area (Å²) < 4.78 is 2.23. The molecule has 2 rings (SSSR count). The standard InChI is InChI=1S/C16H18IN/c1-11-10-16(14(4)13(3)12(11)2)18(17)15-8-6-5-7-9-15/h5-10H,1-4H3. The number of nitrogens with zero attached hydrogens (tertiary/aromatic N) is 1. The number of benzene rings is 2. The molecule has 1 nitrogen and oxygen atoms in total. The SMILES string of the molecule is Cc1cc(N(I)c2ccccc2)c(C)c(C)c1C. The zero-order valence-electron chi connectivity index (χ0n) is 11.3. The number of hydrogen-bond donors (Lipinski definition) is 0. The fraction of sp³-hybridized carbons (Fsp3) is 0.250. The van der Waals surface area contributed by atoms with Gasteiger partial charge < -0.3 is 0 Å². The average Bonchev–Trinajstić information content (AvgIpc) is 2.41. The Kier molecular flexibility index (Phi) is 3.95. The second kappa shape index (κ2) is 5.31. The van der Waals surface area contributed by atoms with Crippen molar-refractivity contribution in [3.63, 3.8) is 0 Å². The fourth-order valence-electron chi connectivity index (χ4n) is 2.09. The molecule has 0 atom stereocenters. The normalized spacial score (nSPS) is 10.5. The van der Waals surface area contributed by atoms with Gasteiger partial charge in [-0.15, -0.1) is 0 Å². The molecule has 18 heavy (non-hydrogen) atoms. The highest BCUT2D eigenvalue weighted by molar-refractivity contribution is 14.1. The summed E-state index contributed by atoms with van der Waals surface area (Å²) in [6.07, 6.45) is 0. The molecule has 0 N–H and O–H groups in total. The Morgan fingerprint density at radius 1 is 0.833 bits per heavy atom. The summed E-state index contributed by atoms with van der Waals surface area (Å²) in [6, 6.07) is 12.7. The largest absolute Gasteiger partial charge is 0.283 e. The van der Waals surface area contributed by atoms with E-state index in [0.717, 1.165) is 0 Å². The molecule has 2 aromatic rings. The molecule has 2 aromatic carbocycles. The average molecular weight is 351 g/mol. The van der Waals surface area contributed by atoms with E-state index >= 15 is 0 Å². The van der Waals surface area contributed by atoms with Crippen molar-refractivity contribution in [3.05, 3.63) is 58.7 Å². The summed E-state index contributed by atoms with van der Waals surface area (Å²) in [4.78, 5) is 0. The maximum atomic E-state index is 2.38. The van der Waals surface area contributed by atoms with Crippen LogP contribution in [0.15, 0.2) is 36.4 Å². The van der Waals surface area contributed by atoms with E-state index in [9.17, 15) is 0 Å². The molecule has 0 aromatic heterocycles. The van der Waals surface area contributed by atoms with Gasteiger partial charge in [-0.2, -0.15) is 0 Å². The first-order chi connectivity index (χ1) is 8.52. The van der Waals surface area contributed by atoms with Crippen LogP contribution in [0.4, 0.5) is 11.4 Å². The summed E-state index contributed by atoms with van der Waals surface area (Å²) in [7, 11) is 0. The minimum atomic E-state index is 1.21. The lowest BCUT2D eigenvalue weighted by Gasteiger charge is -2.22. The second-order valence-electron chi connectivity index (χ2n) is 4.70. The summed E-state index contributed by atoms with van der Waals surface area (Å²) in [6.45, 7) is 8.78. The molecule has 0 spiro atoms. The minimum absolute atomic E-state index is 1.21. The molecule has 0 radical (unpaired) electrons. The van der Waals surface area contributed by atoms with Gasteiger partial charge in [-0.05, 0) is 68.1 Å². The van der Waals surface area contributed by atoms with E-state index in [-0.39, 0.29) is 0 Å². The maximum absolute atomic E-state index is 2.38. The van der Waals surface area contributed by atoms with Crippen LogP contribution in [0.2, 0.25) is 0 Å². The Bertz CT molecular complexity index is 561. The van der Waals surface area contributed by atoms with Gasteiger partial charge in [0.15, 0.2) is 0 Å². The quantitative estimate of drug-likeness (QED) is 0.517. The topological polar surface area (TPSA) is 3.24 Å². The van der Waals surface area contributed by atoms with Gasteiger partial charge in [-0.25, -0.2) is 0 Å². The monoisotopic (exact) mass is 351 g/mol. The molecule has 0 aliphatic carbocycles. The molecule has 0 amide bonds. The highest BCUT2D eigenvalue weighted by Gasteiger charge is 2.12. The molecule has 0 unspecified atom stereocenters. The Morgan fingerprint density at radius 3 is 2.06 bits per heavy atom. The van der Waals surface area contributed by atoms with Crippen molar-refractivity contribution in [2.24, 2.45) is 0 Å². The maximum Gasteiger partial charge on any atom is 0.0646 e. The third-order valence-corrected chi connectivity index (χ3v) is 4.73. The van der Waals surface area contributed by atoms with Crippen molar-refractivity contribution in [2.75, 3.05) is 3.11 Å². The first-order valence-electron chi connectivity index (χ1n) is 6.10. The molecule has 0 heterocycles. The van der Waals surface area contributed by atoms with Crippen LogP contribution in [0.1, 0.15) is 22.3 Å². The molecule has 0 aliphatic rings. The molecular formula is C16H18IN. The molecule has 0 aliphatic heterocycles. The van der Waals surface area contributed by atoms with Gasteiger partial charge in [-0.3, -0.25) is 3.11 Å². The van der Waals surface area contributed by atoms with Crippen LogP contribution in [0.5, 0.6) is 0 Å². The molecule has 0 saturated heterocycles. The number of halogens is 1. The van der Waals surface area contributed by atoms with Crippen LogP contribution in [0.25, 0.3) is 0 Å². The van der Waals surface area contributed by atoms with Crippen LogP contribution < -0.4 is 3.11 Å². The molecule has 94 valence electrons. The minimum Gasteiger partial charge on any atom is -0.283 e. The Morgan fingerprint density at radius 2 is 1.44 bits per heavy atom. The van der Waals surface area contributed by atoms with Gasteiger partial charge >= 0.3 is 0 Å². The number of anilines is 2. The Hall–Kier alpha value is -1.03. The number of aryl methyl sites for hydroxylation is 1. The van der Waals surface area contributed by atoms with Gasteiger partial charge in [0.25, 0.3) is 0 Å². The van der Waals surface area contributed by atoms with Crippen molar-refractivity contribution < 1.29 is 0 Å². The van der Waals surface area contributed by atoms with Crippen molar-refractivity contribution >= 4 is 34.2 Å². The van der Waals surface area contributed by atoms with E-state index in [0.29, 0.717) is 0 Å². The number of para-hydroxylation sites is 1. The van der Waals surface area contributed by atoms with Gasteiger partial charge in [0, 0.05) is 0 Å². The molecule has 0 fully saturated rings. The Labute approximate surface area is 123 Å². The highest BCUT2D eigenvalue weighted by Crippen LogP contribution is 2.35. The van der Waals surface area contributed by atoms with Gasteiger partial charge in [0.2, 0.25) is 0 Å². The third-order valence-electron chi connectivity index (χ3n) is 3.65.